The zero-order chi connectivity index (χ0) is 11.6. The summed E-state index contributed by atoms with van der Waals surface area (Å²) in [6.45, 7) is 5.85. The smallest absolute Gasteiger partial charge is 0.0959 e. The van der Waals surface area contributed by atoms with E-state index in [9.17, 15) is 0 Å². The summed E-state index contributed by atoms with van der Waals surface area (Å²) in [5, 5.41) is 6.87. The Balaban J connectivity index is 1.76. The number of hydrogen-bond donors (Lipinski definition) is 1. The third-order valence-electron chi connectivity index (χ3n) is 2.91. The van der Waals surface area contributed by atoms with Crippen LogP contribution in [0.4, 0.5) is 0 Å². The summed E-state index contributed by atoms with van der Waals surface area (Å²) in [5.41, 5.74) is 1.06. The lowest BCUT2D eigenvalue weighted by molar-refractivity contribution is 0.0230. The van der Waals surface area contributed by atoms with Gasteiger partial charge in [0.15, 0.2) is 0 Å². The molecular weight excluding hydrogens is 220 g/mol. The Morgan fingerprint density at radius 1 is 1.56 bits per heavy atom. The molecule has 0 unspecified atom stereocenters. The predicted molar refractivity (Wildman–Crippen MR) is 66.9 cm³/mol. The lowest BCUT2D eigenvalue weighted by Gasteiger charge is -2.22. The van der Waals surface area contributed by atoms with Crippen molar-refractivity contribution in [1.82, 2.24) is 10.3 Å². The molecule has 3 nitrogen and oxygen atoms in total. The Bertz CT molecular complexity index is 345. The van der Waals surface area contributed by atoms with E-state index in [4.69, 9.17) is 4.74 Å². The minimum Gasteiger partial charge on any atom is -0.377 e. The summed E-state index contributed by atoms with van der Waals surface area (Å²) in [4.78, 5) is 4.63. The summed E-state index contributed by atoms with van der Waals surface area (Å²) in [5.74, 6) is 0.772. The number of methoxy groups -OCH3 is 1. The Morgan fingerprint density at radius 2 is 2.31 bits per heavy atom. The Kier molecular flexibility index (Phi) is 3.62. The van der Waals surface area contributed by atoms with Gasteiger partial charge in [0, 0.05) is 31.5 Å². The SMILES string of the molecule is COC(C)(C)CNCc1csc(C2CC2)n1. The third-order valence-corrected chi connectivity index (χ3v) is 3.96. The van der Waals surface area contributed by atoms with Crippen LogP contribution in [0.5, 0.6) is 0 Å². The maximum atomic E-state index is 5.35. The Labute approximate surface area is 101 Å². The first kappa shape index (κ1) is 12.0. The maximum absolute atomic E-state index is 5.35. The second kappa shape index (κ2) is 4.82. The first-order valence-corrected chi connectivity index (χ1v) is 6.69. The van der Waals surface area contributed by atoms with Crippen molar-refractivity contribution in [2.24, 2.45) is 0 Å². The van der Waals surface area contributed by atoms with Crippen molar-refractivity contribution in [2.75, 3.05) is 13.7 Å². The van der Waals surface area contributed by atoms with Crippen molar-refractivity contribution < 1.29 is 4.74 Å². The second-order valence-corrected chi connectivity index (χ2v) is 5.91. The van der Waals surface area contributed by atoms with Gasteiger partial charge in [0.1, 0.15) is 0 Å². The molecular formula is C12H20N2OS. The minimum atomic E-state index is -0.102. The van der Waals surface area contributed by atoms with Crippen LogP contribution in [-0.2, 0) is 11.3 Å². The summed E-state index contributed by atoms with van der Waals surface area (Å²) in [6, 6.07) is 0. The largest absolute Gasteiger partial charge is 0.377 e. The van der Waals surface area contributed by atoms with Crippen LogP contribution in [-0.4, -0.2) is 24.2 Å². The van der Waals surface area contributed by atoms with Gasteiger partial charge in [0.25, 0.3) is 0 Å². The molecule has 2 rings (SSSR count). The van der Waals surface area contributed by atoms with Crippen molar-refractivity contribution in [1.29, 1.82) is 0 Å². The van der Waals surface area contributed by atoms with Gasteiger partial charge in [0.2, 0.25) is 0 Å². The van der Waals surface area contributed by atoms with E-state index in [-0.39, 0.29) is 5.60 Å². The van der Waals surface area contributed by atoms with E-state index < -0.39 is 0 Å². The molecule has 0 amide bonds. The van der Waals surface area contributed by atoms with E-state index in [1.54, 1.807) is 18.4 Å². The van der Waals surface area contributed by atoms with Gasteiger partial charge in [-0.15, -0.1) is 11.3 Å². The zero-order valence-corrected chi connectivity index (χ0v) is 11.1. The third kappa shape index (κ3) is 3.27. The van der Waals surface area contributed by atoms with Gasteiger partial charge >= 0.3 is 0 Å². The molecule has 1 saturated carbocycles. The summed E-state index contributed by atoms with van der Waals surface area (Å²) >= 11 is 1.80. The van der Waals surface area contributed by atoms with Crippen molar-refractivity contribution >= 4 is 11.3 Å². The van der Waals surface area contributed by atoms with Crippen LogP contribution in [0.2, 0.25) is 0 Å². The maximum Gasteiger partial charge on any atom is 0.0959 e. The molecule has 1 aromatic heterocycles. The molecule has 0 spiro atoms. The van der Waals surface area contributed by atoms with Crippen LogP contribution in [0.3, 0.4) is 0 Å². The number of rotatable bonds is 6. The fourth-order valence-corrected chi connectivity index (χ4v) is 2.48. The molecule has 1 fully saturated rings. The lowest BCUT2D eigenvalue weighted by atomic mass is 10.1. The molecule has 1 aromatic rings. The van der Waals surface area contributed by atoms with Crippen LogP contribution in [0, 0.1) is 0 Å². The van der Waals surface area contributed by atoms with E-state index in [0.29, 0.717) is 0 Å². The molecule has 4 heteroatoms. The predicted octanol–water partition coefficient (Wildman–Crippen LogP) is 2.54. The second-order valence-electron chi connectivity index (χ2n) is 5.02. The van der Waals surface area contributed by atoms with Crippen LogP contribution in [0.15, 0.2) is 5.38 Å². The average molecular weight is 240 g/mol. The standard InChI is InChI=1S/C12H20N2OS/c1-12(2,15-3)8-13-6-10-7-16-11(14-10)9-4-5-9/h7,9,13H,4-6,8H2,1-3H3. The highest BCUT2D eigenvalue weighted by atomic mass is 32.1. The van der Waals surface area contributed by atoms with E-state index in [2.05, 4.69) is 29.5 Å². The fourth-order valence-electron chi connectivity index (χ4n) is 1.49. The number of aromatic nitrogens is 1. The van der Waals surface area contributed by atoms with Gasteiger partial charge in [-0.1, -0.05) is 0 Å². The van der Waals surface area contributed by atoms with E-state index >= 15 is 0 Å². The normalized spacial score (nSPS) is 16.7. The van der Waals surface area contributed by atoms with Crippen molar-refractivity contribution in [3.63, 3.8) is 0 Å². The molecule has 1 aliphatic carbocycles. The van der Waals surface area contributed by atoms with Crippen LogP contribution in [0.1, 0.15) is 43.3 Å². The van der Waals surface area contributed by atoms with Crippen LogP contribution in [0.25, 0.3) is 0 Å². The number of nitrogens with zero attached hydrogens (tertiary/aromatic N) is 1. The molecule has 0 atom stereocenters. The number of thiazole rings is 1. The molecule has 90 valence electrons. The van der Waals surface area contributed by atoms with E-state index in [0.717, 1.165) is 19.0 Å². The molecule has 0 bridgehead atoms. The van der Waals surface area contributed by atoms with Crippen LogP contribution < -0.4 is 5.32 Å². The number of hydrogen-bond acceptors (Lipinski definition) is 4. The van der Waals surface area contributed by atoms with Crippen molar-refractivity contribution in [2.45, 2.75) is 44.8 Å². The number of ether oxygens (including phenoxy) is 1. The first-order valence-electron chi connectivity index (χ1n) is 5.81. The topological polar surface area (TPSA) is 34.1 Å². The highest BCUT2D eigenvalue weighted by Crippen LogP contribution is 2.41. The molecule has 1 N–H and O–H groups in total. The van der Waals surface area contributed by atoms with E-state index in [1.807, 2.05) is 0 Å². The molecule has 0 aliphatic heterocycles. The van der Waals surface area contributed by atoms with Gasteiger partial charge < -0.3 is 10.1 Å². The van der Waals surface area contributed by atoms with Gasteiger partial charge in [-0.3, -0.25) is 0 Å². The summed E-state index contributed by atoms with van der Waals surface area (Å²) < 4.78 is 5.35. The van der Waals surface area contributed by atoms with E-state index in [1.165, 1.54) is 23.5 Å². The highest BCUT2D eigenvalue weighted by molar-refractivity contribution is 7.09. The summed E-state index contributed by atoms with van der Waals surface area (Å²) in [6.07, 6.45) is 2.66. The van der Waals surface area contributed by atoms with Crippen LogP contribution >= 0.6 is 11.3 Å². The van der Waals surface area contributed by atoms with Gasteiger partial charge in [-0.25, -0.2) is 4.98 Å². The lowest BCUT2D eigenvalue weighted by Crippen LogP contribution is -2.36. The molecule has 0 aromatic carbocycles. The van der Waals surface area contributed by atoms with Crippen molar-refractivity contribution in [3.8, 4) is 0 Å². The van der Waals surface area contributed by atoms with Gasteiger partial charge in [0.05, 0.1) is 16.3 Å². The molecule has 1 aliphatic rings. The van der Waals surface area contributed by atoms with Gasteiger partial charge in [-0.2, -0.15) is 0 Å². The molecule has 16 heavy (non-hydrogen) atoms. The molecule has 1 heterocycles. The fraction of sp³-hybridized carbons (Fsp3) is 0.750. The minimum absolute atomic E-state index is 0.102. The van der Waals surface area contributed by atoms with Gasteiger partial charge in [-0.05, 0) is 26.7 Å². The Hall–Kier alpha value is -0.450. The monoisotopic (exact) mass is 240 g/mol. The number of nitrogens with one attached hydrogen (secondary N) is 1. The Morgan fingerprint density at radius 3 is 2.94 bits per heavy atom. The first-order chi connectivity index (χ1) is 7.61. The quantitative estimate of drug-likeness (QED) is 0.829. The molecule has 0 saturated heterocycles. The summed E-state index contributed by atoms with van der Waals surface area (Å²) in [7, 11) is 1.75. The highest BCUT2D eigenvalue weighted by Gasteiger charge is 2.26. The zero-order valence-electron chi connectivity index (χ0n) is 10.2. The van der Waals surface area contributed by atoms with Crippen molar-refractivity contribution in [3.05, 3.63) is 16.1 Å². The average Bonchev–Trinajstić information content (AvgIpc) is 3.00. The molecule has 0 radical (unpaired) electrons.